The van der Waals surface area contributed by atoms with Gasteiger partial charge in [0.1, 0.15) is 5.75 Å². The maximum atomic E-state index is 5.36. The summed E-state index contributed by atoms with van der Waals surface area (Å²) < 4.78 is 7.43. The van der Waals surface area contributed by atoms with Crippen LogP contribution in [0.5, 0.6) is 5.75 Å². The molecule has 0 aliphatic carbocycles. The van der Waals surface area contributed by atoms with E-state index in [1.807, 2.05) is 36.8 Å². The number of aromatic nitrogens is 2. The predicted molar refractivity (Wildman–Crippen MR) is 64.2 cm³/mol. The standard InChI is InChI=1S/C13H16N2O/c1-10(2)12-8-14-9-15(12)11-6-4-5-7-13(11)16-3/h4-10H,1-3H3. The monoisotopic (exact) mass is 216 g/mol. The molecule has 0 atom stereocenters. The third-order valence-electron chi connectivity index (χ3n) is 2.60. The van der Waals surface area contributed by atoms with Crippen LogP contribution in [0.25, 0.3) is 5.69 Å². The SMILES string of the molecule is COc1ccccc1-n1cncc1C(C)C. The summed E-state index contributed by atoms with van der Waals surface area (Å²) >= 11 is 0. The molecule has 0 saturated carbocycles. The Balaban J connectivity index is 2.54. The second kappa shape index (κ2) is 4.39. The molecule has 0 aliphatic rings. The molecule has 2 aromatic rings. The summed E-state index contributed by atoms with van der Waals surface area (Å²) in [5.74, 6) is 1.30. The van der Waals surface area contributed by atoms with Crippen molar-refractivity contribution >= 4 is 0 Å². The highest BCUT2D eigenvalue weighted by Gasteiger charge is 2.10. The van der Waals surface area contributed by atoms with Gasteiger partial charge in [0.05, 0.1) is 19.1 Å². The molecule has 16 heavy (non-hydrogen) atoms. The summed E-state index contributed by atoms with van der Waals surface area (Å²) in [4.78, 5) is 4.20. The molecule has 0 spiro atoms. The first-order valence-electron chi connectivity index (χ1n) is 5.39. The van der Waals surface area contributed by atoms with Gasteiger partial charge in [-0.2, -0.15) is 0 Å². The highest BCUT2D eigenvalue weighted by molar-refractivity contribution is 5.47. The molecule has 0 bridgehead atoms. The van der Waals surface area contributed by atoms with Crippen LogP contribution in [0.1, 0.15) is 25.5 Å². The molecule has 0 unspecified atom stereocenters. The van der Waals surface area contributed by atoms with E-state index in [1.54, 1.807) is 7.11 Å². The highest BCUT2D eigenvalue weighted by Crippen LogP contribution is 2.25. The van der Waals surface area contributed by atoms with Crippen LogP contribution in [-0.4, -0.2) is 16.7 Å². The average Bonchev–Trinajstić information content (AvgIpc) is 2.77. The zero-order chi connectivity index (χ0) is 11.5. The molecule has 0 radical (unpaired) electrons. The van der Waals surface area contributed by atoms with Gasteiger partial charge in [0, 0.05) is 11.9 Å². The number of methoxy groups -OCH3 is 1. The number of hydrogen-bond acceptors (Lipinski definition) is 2. The van der Waals surface area contributed by atoms with Crippen molar-refractivity contribution in [2.75, 3.05) is 7.11 Å². The van der Waals surface area contributed by atoms with E-state index in [0.29, 0.717) is 5.92 Å². The largest absolute Gasteiger partial charge is 0.495 e. The molecule has 1 heterocycles. The number of benzene rings is 1. The smallest absolute Gasteiger partial charge is 0.142 e. The molecule has 0 N–H and O–H groups in total. The Morgan fingerprint density at radius 2 is 2.00 bits per heavy atom. The van der Waals surface area contributed by atoms with Crippen molar-refractivity contribution in [3.63, 3.8) is 0 Å². The molecule has 0 fully saturated rings. The zero-order valence-corrected chi connectivity index (χ0v) is 9.84. The lowest BCUT2D eigenvalue weighted by Gasteiger charge is -2.13. The minimum absolute atomic E-state index is 0.437. The van der Waals surface area contributed by atoms with Gasteiger partial charge in [-0.3, -0.25) is 4.57 Å². The number of imidazole rings is 1. The van der Waals surface area contributed by atoms with Gasteiger partial charge < -0.3 is 4.74 Å². The van der Waals surface area contributed by atoms with Crippen molar-refractivity contribution in [1.82, 2.24) is 9.55 Å². The van der Waals surface area contributed by atoms with Crippen molar-refractivity contribution in [2.24, 2.45) is 0 Å². The molecule has 0 aliphatic heterocycles. The average molecular weight is 216 g/mol. The first-order chi connectivity index (χ1) is 7.74. The molecule has 2 rings (SSSR count). The minimum atomic E-state index is 0.437. The second-order valence-corrected chi connectivity index (χ2v) is 4.02. The topological polar surface area (TPSA) is 27.1 Å². The molecule has 3 heteroatoms. The molecular formula is C13H16N2O. The van der Waals surface area contributed by atoms with E-state index in [1.165, 1.54) is 5.69 Å². The summed E-state index contributed by atoms with van der Waals surface area (Å²) in [7, 11) is 1.69. The van der Waals surface area contributed by atoms with E-state index in [4.69, 9.17) is 4.74 Å². The number of ether oxygens (including phenoxy) is 1. The first-order valence-corrected chi connectivity index (χ1v) is 5.39. The van der Waals surface area contributed by atoms with E-state index in [2.05, 4.69) is 23.4 Å². The van der Waals surface area contributed by atoms with Crippen LogP contribution >= 0.6 is 0 Å². The Hall–Kier alpha value is -1.77. The first kappa shape index (κ1) is 10.7. The van der Waals surface area contributed by atoms with Gasteiger partial charge in [0.15, 0.2) is 0 Å². The Labute approximate surface area is 95.7 Å². The van der Waals surface area contributed by atoms with E-state index < -0.39 is 0 Å². The van der Waals surface area contributed by atoms with Crippen LogP contribution in [0, 0.1) is 0 Å². The molecule has 3 nitrogen and oxygen atoms in total. The van der Waals surface area contributed by atoms with Crippen molar-refractivity contribution in [1.29, 1.82) is 0 Å². The van der Waals surface area contributed by atoms with Crippen LogP contribution in [0.15, 0.2) is 36.8 Å². The van der Waals surface area contributed by atoms with E-state index in [9.17, 15) is 0 Å². The lowest BCUT2D eigenvalue weighted by Crippen LogP contribution is -2.02. The van der Waals surface area contributed by atoms with Crippen LogP contribution in [-0.2, 0) is 0 Å². The van der Waals surface area contributed by atoms with Crippen molar-refractivity contribution in [2.45, 2.75) is 19.8 Å². The van der Waals surface area contributed by atoms with E-state index >= 15 is 0 Å². The summed E-state index contributed by atoms with van der Waals surface area (Å²) in [6.07, 6.45) is 3.73. The molecule has 0 saturated heterocycles. The van der Waals surface area contributed by atoms with Crippen LogP contribution < -0.4 is 4.74 Å². The normalized spacial score (nSPS) is 10.8. The third-order valence-corrected chi connectivity index (χ3v) is 2.60. The number of nitrogens with zero attached hydrogens (tertiary/aromatic N) is 2. The summed E-state index contributed by atoms with van der Waals surface area (Å²) in [5, 5.41) is 0. The third kappa shape index (κ3) is 1.81. The fourth-order valence-corrected chi connectivity index (χ4v) is 1.76. The summed E-state index contributed by atoms with van der Waals surface area (Å²) in [6, 6.07) is 7.96. The van der Waals surface area contributed by atoms with Crippen molar-refractivity contribution in [3.8, 4) is 11.4 Å². The van der Waals surface area contributed by atoms with Crippen LogP contribution in [0.2, 0.25) is 0 Å². The molecule has 84 valence electrons. The zero-order valence-electron chi connectivity index (χ0n) is 9.84. The number of rotatable bonds is 3. The minimum Gasteiger partial charge on any atom is -0.495 e. The highest BCUT2D eigenvalue weighted by atomic mass is 16.5. The van der Waals surface area contributed by atoms with Gasteiger partial charge >= 0.3 is 0 Å². The summed E-state index contributed by atoms with van der Waals surface area (Å²) in [6.45, 7) is 4.31. The molecule has 1 aromatic carbocycles. The lowest BCUT2D eigenvalue weighted by molar-refractivity contribution is 0.412. The number of para-hydroxylation sites is 2. The van der Waals surface area contributed by atoms with Gasteiger partial charge in [0.2, 0.25) is 0 Å². The predicted octanol–water partition coefficient (Wildman–Crippen LogP) is 3.00. The molecule has 1 aromatic heterocycles. The number of hydrogen-bond donors (Lipinski definition) is 0. The fourth-order valence-electron chi connectivity index (χ4n) is 1.76. The Morgan fingerprint density at radius 3 is 2.69 bits per heavy atom. The lowest BCUT2D eigenvalue weighted by atomic mass is 10.1. The van der Waals surface area contributed by atoms with Gasteiger partial charge in [-0.25, -0.2) is 4.98 Å². The maximum absolute atomic E-state index is 5.36. The van der Waals surface area contributed by atoms with Gasteiger partial charge in [-0.05, 0) is 18.1 Å². The fraction of sp³-hybridized carbons (Fsp3) is 0.308. The van der Waals surface area contributed by atoms with E-state index in [0.717, 1.165) is 11.4 Å². The van der Waals surface area contributed by atoms with Crippen LogP contribution in [0.3, 0.4) is 0 Å². The Kier molecular flexibility index (Phi) is 2.95. The Morgan fingerprint density at radius 1 is 1.25 bits per heavy atom. The van der Waals surface area contributed by atoms with Gasteiger partial charge in [-0.15, -0.1) is 0 Å². The van der Waals surface area contributed by atoms with Crippen molar-refractivity contribution < 1.29 is 4.74 Å². The second-order valence-electron chi connectivity index (χ2n) is 4.02. The quantitative estimate of drug-likeness (QED) is 0.788. The maximum Gasteiger partial charge on any atom is 0.142 e. The van der Waals surface area contributed by atoms with Crippen molar-refractivity contribution in [3.05, 3.63) is 42.5 Å². The van der Waals surface area contributed by atoms with Gasteiger partial charge in [-0.1, -0.05) is 26.0 Å². The van der Waals surface area contributed by atoms with Gasteiger partial charge in [0.25, 0.3) is 0 Å². The van der Waals surface area contributed by atoms with Crippen LogP contribution in [0.4, 0.5) is 0 Å². The molecular weight excluding hydrogens is 200 g/mol. The van der Waals surface area contributed by atoms with E-state index in [-0.39, 0.29) is 0 Å². The molecule has 0 amide bonds. The summed E-state index contributed by atoms with van der Waals surface area (Å²) in [5.41, 5.74) is 2.22. The Bertz CT molecular complexity index is 474.